The summed E-state index contributed by atoms with van der Waals surface area (Å²) in [6, 6.07) is 10.7. The Morgan fingerprint density at radius 3 is 2.45 bits per heavy atom. The molecule has 0 saturated carbocycles. The minimum Gasteiger partial charge on any atom is -0.493 e. The summed E-state index contributed by atoms with van der Waals surface area (Å²) in [5.74, 6) is 1.24. The monoisotopic (exact) mass is 429 g/mol. The lowest BCUT2D eigenvalue weighted by molar-refractivity contribution is 0.240. The Bertz CT molecular complexity index is 1110. The van der Waals surface area contributed by atoms with Gasteiger partial charge in [0.05, 0.1) is 20.8 Å². The molecule has 0 aliphatic carbocycles. The largest absolute Gasteiger partial charge is 0.493 e. The molecule has 0 atom stereocenters. The number of hydrogen-bond donors (Lipinski definition) is 2. The summed E-state index contributed by atoms with van der Waals surface area (Å²) in [5.41, 5.74) is 1.14. The van der Waals surface area contributed by atoms with Gasteiger partial charge in [0.1, 0.15) is 5.82 Å². The predicted octanol–water partition coefficient (Wildman–Crippen LogP) is 1.90. The Hall–Kier alpha value is -3.82. The Labute approximate surface area is 178 Å². The number of rotatable bonds is 8. The van der Waals surface area contributed by atoms with E-state index in [0.29, 0.717) is 29.4 Å². The highest BCUT2D eigenvalue weighted by Gasteiger charge is 2.12. The molecule has 10 heteroatoms. The van der Waals surface area contributed by atoms with Crippen molar-refractivity contribution in [3.05, 3.63) is 64.3 Å². The molecule has 3 aromatic rings. The fraction of sp³-hybridized carbons (Fsp3) is 0.286. The Kier molecular flexibility index (Phi) is 6.91. The van der Waals surface area contributed by atoms with Crippen molar-refractivity contribution in [3.8, 4) is 22.9 Å². The van der Waals surface area contributed by atoms with Crippen molar-refractivity contribution < 1.29 is 18.7 Å². The molecule has 1 aromatic heterocycles. The number of nitrogens with one attached hydrogen (secondary N) is 2. The lowest BCUT2D eigenvalue weighted by Crippen LogP contribution is -2.38. The summed E-state index contributed by atoms with van der Waals surface area (Å²) >= 11 is 0. The molecule has 2 aromatic carbocycles. The average Bonchev–Trinajstić information content (AvgIpc) is 3.06. The Balaban J connectivity index is 1.53. The van der Waals surface area contributed by atoms with Crippen molar-refractivity contribution >= 4 is 6.03 Å². The first-order valence-electron chi connectivity index (χ1n) is 9.55. The molecule has 0 saturated heterocycles. The van der Waals surface area contributed by atoms with E-state index in [-0.39, 0.29) is 30.6 Å². The fourth-order valence-electron chi connectivity index (χ4n) is 2.99. The number of nitrogens with zero attached hydrogens (tertiary/aromatic N) is 3. The third-order valence-corrected chi connectivity index (χ3v) is 4.65. The molecule has 0 spiro atoms. The molecule has 0 unspecified atom stereocenters. The molecule has 3 rings (SSSR count). The molecule has 31 heavy (non-hydrogen) atoms. The van der Waals surface area contributed by atoms with Crippen molar-refractivity contribution in [3.63, 3.8) is 0 Å². The van der Waals surface area contributed by atoms with E-state index in [1.54, 1.807) is 45.5 Å². The molecule has 2 amide bonds. The number of benzene rings is 2. The molecule has 0 aliphatic heterocycles. The second-order valence-electron chi connectivity index (χ2n) is 6.69. The average molecular weight is 429 g/mol. The van der Waals surface area contributed by atoms with E-state index in [4.69, 9.17) is 9.47 Å². The van der Waals surface area contributed by atoms with Gasteiger partial charge >= 0.3 is 11.7 Å². The minimum atomic E-state index is -0.377. The number of urea groups is 1. The molecule has 164 valence electrons. The van der Waals surface area contributed by atoms with Gasteiger partial charge in [-0.05, 0) is 42.0 Å². The third kappa shape index (κ3) is 5.21. The molecule has 0 fully saturated rings. The van der Waals surface area contributed by atoms with Gasteiger partial charge < -0.3 is 20.1 Å². The number of ether oxygens (including phenoxy) is 2. The van der Waals surface area contributed by atoms with Crippen LogP contribution in [-0.2, 0) is 20.1 Å². The first-order valence-corrected chi connectivity index (χ1v) is 9.55. The highest BCUT2D eigenvalue weighted by Crippen LogP contribution is 2.27. The zero-order valence-corrected chi connectivity index (χ0v) is 17.5. The molecule has 1 heterocycles. The molecule has 0 radical (unpaired) electrons. The number of methoxy groups -OCH3 is 2. The molecule has 9 nitrogen and oxygen atoms in total. The van der Waals surface area contributed by atoms with E-state index in [1.165, 1.54) is 21.4 Å². The van der Waals surface area contributed by atoms with Crippen LogP contribution in [0.4, 0.5) is 9.18 Å². The summed E-state index contributed by atoms with van der Waals surface area (Å²) in [6.45, 7) is 0.694. The summed E-state index contributed by atoms with van der Waals surface area (Å²) < 4.78 is 26.2. The van der Waals surface area contributed by atoms with Gasteiger partial charge in [-0.15, -0.1) is 5.10 Å². The van der Waals surface area contributed by atoms with Crippen molar-refractivity contribution in [1.29, 1.82) is 0 Å². The zero-order valence-electron chi connectivity index (χ0n) is 17.5. The fourth-order valence-corrected chi connectivity index (χ4v) is 2.99. The van der Waals surface area contributed by atoms with Crippen molar-refractivity contribution in [1.82, 2.24) is 25.0 Å². The summed E-state index contributed by atoms with van der Waals surface area (Å²) in [4.78, 5) is 24.4. The standard InChI is InChI=1S/C21H24FN5O4/c1-26-19(15-5-7-16(22)8-6-15)25-27(21(26)29)11-10-23-20(28)24-13-14-4-9-17(30-2)18(12-14)31-3/h4-9,12H,10-11,13H2,1-3H3,(H2,23,24,28). The van der Waals surface area contributed by atoms with Gasteiger partial charge in [-0.1, -0.05) is 6.07 Å². The first-order chi connectivity index (χ1) is 14.9. The Morgan fingerprint density at radius 2 is 1.77 bits per heavy atom. The van der Waals surface area contributed by atoms with Crippen molar-refractivity contribution in [2.75, 3.05) is 20.8 Å². The van der Waals surface area contributed by atoms with E-state index < -0.39 is 0 Å². The maximum atomic E-state index is 13.1. The van der Waals surface area contributed by atoms with Gasteiger partial charge in [0.15, 0.2) is 17.3 Å². The number of carbonyl (C=O) groups excluding carboxylic acids is 1. The molecular formula is C21H24FN5O4. The number of carbonyl (C=O) groups is 1. The molecular weight excluding hydrogens is 405 g/mol. The van der Waals surface area contributed by atoms with Crippen LogP contribution >= 0.6 is 0 Å². The highest BCUT2D eigenvalue weighted by atomic mass is 19.1. The number of aromatic nitrogens is 3. The lowest BCUT2D eigenvalue weighted by atomic mass is 10.2. The van der Waals surface area contributed by atoms with Crippen LogP contribution in [0, 0.1) is 5.82 Å². The van der Waals surface area contributed by atoms with Gasteiger partial charge in [-0.3, -0.25) is 4.57 Å². The molecule has 0 bridgehead atoms. The van der Waals surface area contributed by atoms with Crippen LogP contribution in [0.2, 0.25) is 0 Å². The minimum absolute atomic E-state index is 0.192. The van der Waals surface area contributed by atoms with E-state index in [0.717, 1.165) is 5.56 Å². The van der Waals surface area contributed by atoms with E-state index in [1.807, 2.05) is 6.07 Å². The van der Waals surface area contributed by atoms with Crippen LogP contribution in [0.25, 0.3) is 11.4 Å². The SMILES string of the molecule is COc1ccc(CNC(=O)NCCn2nc(-c3ccc(F)cc3)n(C)c2=O)cc1OC. The quantitative estimate of drug-likeness (QED) is 0.570. The normalized spacial score (nSPS) is 10.6. The number of amides is 2. The second-order valence-corrected chi connectivity index (χ2v) is 6.69. The van der Waals surface area contributed by atoms with Crippen LogP contribution in [0.15, 0.2) is 47.3 Å². The van der Waals surface area contributed by atoms with Crippen molar-refractivity contribution in [2.45, 2.75) is 13.1 Å². The maximum Gasteiger partial charge on any atom is 0.345 e. The van der Waals surface area contributed by atoms with Gasteiger partial charge in [0, 0.05) is 25.7 Å². The van der Waals surface area contributed by atoms with Gasteiger partial charge in [-0.2, -0.15) is 0 Å². The summed E-state index contributed by atoms with van der Waals surface area (Å²) in [5, 5.41) is 9.71. The van der Waals surface area contributed by atoms with Gasteiger partial charge in [0.25, 0.3) is 0 Å². The molecule has 0 aliphatic rings. The third-order valence-electron chi connectivity index (χ3n) is 4.65. The second kappa shape index (κ2) is 9.79. The first kappa shape index (κ1) is 21.9. The maximum absolute atomic E-state index is 13.1. The summed E-state index contributed by atoms with van der Waals surface area (Å²) in [7, 11) is 4.69. The summed E-state index contributed by atoms with van der Waals surface area (Å²) in [6.07, 6.45) is 0. The zero-order chi connectivity index (χ0) is 22.4. The molecule has 2 N–H and O–H groups in total. The number of hydrogen-bond acceptors (Lipinski definition) is 5. The van der Waals surface area contributed by atoms with Crippen molar-refractivity contribution in [2.24, 2.45) is 7.05 Å². The van der Waals surface area contributed by atoms with Crippen LogP contribution in [0.1, 0.15) is 5.56 Å². The number of halogens is 1. The van der Waals surface area contributed by atoms with Crippen LogP contribution in [0.3, 0.4) is 0 Å². The van der Waals surface area contributed by atoms with Crippen LogP contribution < -0.4 is 25.8 Å². The van der Waals surface area contributed by atoms with Gasteiger partial charge in [-0.25, -0.2) is 18.7 Å². The smallest absolute Gasteiger partial charge is 0.345 e. The Morgan fingerprint density at radius 1 is 1.06 bits per heavy atom. The highest BCUT2D eigenvalue weighted by molar-refractivity contribution is 5.73. The van der Waals surface area contributed by atoms with Crippen LogP contribution in [0.5, 0.6) is 11.5 Å². The van der Waals surface area contributed by atoms with E-state index in [9.17, 15) is 14.0 Å². The van der Waals surface area contributed by atoms with E-state index >= 15 is 0 Å². The predicted molar refractivity (Wildman–Crippen MR) is 113 cm³/mol. The van der Waals surface area contributed by atoms with Crippen LogP contribution in [-0.4, -0.2) is 41.1 Å². The van der Waals surface area contributed by atoms with Gasteiger partial charge in [0.2, 0.25) is 0 Å². The van der Waals surface area contributed by atoms with E-state index in [2.05, 4.69) is 15.7 Å². The lowest BCUT2D eigenvalue weighted by Gasteiger charge is -2.11. The topological polar surface area (TPSA) is 99.4 Å².